The fourth-order valence-corrected chi connectivity index (χ4v) is 2.50. The predicted molar refractivity (Wildman–Crippen MR) is 84.2 cm³/mol. The van der Waals surface area contributed by atoms with Gasteiger partial charge in [-0.2, -0.15) is 0 Å². The second-order valence-corrected chi connectivity index (χ2v) is 6.09. The molecule has 1 unspecified atom stereocenters. The Labute approximate surface area is 118 Å². The highest BCUT2D eigenvalue weighted by atomic mass is 14.9. The molecule has 1 aliphatic carbocycles. The predicted octanol–water partition coefficient (Wildman–Crippen LogP) is 4.24. The second-order valence-electron chi connectivity index (χ2n) is 6.09. The van der Waals surface area contributed by atoms with Crippen molar-refractivity contribution in [3.63, 3.8) is 0 Å². The number of allylic oxidation sites excluding steroid dienone is 3. The summed E-state index contributed by atoms with van der Waals surface area (Å²) < 4.78 is 0. The van der Waals surface area contributed by atoms with Gasteiger partial charge in [-0.05, 0) is 37.7 Å². The summed E-state index contributed by atoms with van der Waals surface area (Å²) in [5.74, 6) is 0.122. The van der Waals surface area contributed by atoms with E-state index in [4.69, 9.17) is 5.73 Å². The first-order valence-corrected chi connectivity index (χ1v) is 7.05. The SMILES string of the molecule is C=C(/C=C1\CCCC1(C)C)NC(=C)C(C)/C(N)=C\C. The summed E-state index contributed by atoms with van der Waals surface area (Å²) in [6, 6.07) is 0. The van der Waals surface area contributed by atoms with Gasteiger partial charge in [0.15, 0.2) is 0 Å². The lowest BCUT2D eigenvalue weighted by molar-refractivity contribution is 0.461. The monoisotopic (exact) mass is 260 g/mol. The minimum Gasteiger partial charge on any atom is -0.402 e. The Morgan fingerprint density at radius 2 is 2.05 bits per heavy atom. The van der Waals surface area contributed by atoms with Crippen LogP contribution in [0.3, 0.4) is 0 Å². The maximum atomic E-state index is 5.91. The molecular weight excluding hydrogens is 232 g/mol. The molecule has 0 radical (unpaired) electrons. The van der Waals surface area contributed by atoms with Gasteiger partial charge in [-0.1, -0.05) is 45.6 Å². The molecule has 2 nitrogen and oxygen atoms in total. The average Bonchev–Trinajstić information content (AvgIpc) is 2.66. The van der Waals surface area contributed by atoms with Crippen molar-refractivity contribution in [2.24, 2.45) is 17.1 Å². The van der Waals surface area contributed by atoms with Gasteiger partial charge in [-0.25, -0.2) is 0 Å². The van der Waals surface area contributed by atoms with Crippen molar-refractivity contribution in [3.8, 4) is 0 Å². The number of hydrogen-bond acceptors (Lipinski definition) is 2. The largest absolute Gasteiger partial charge is 0.402 e. The van der Waals surface area contributed by atoms with Crippen LogP contribution in [0.5, 0.6) is 0 Å². The molecule has 3 N–H and O–H groups in total. The molecule has 1 saturated carbocycles. The summed E-state index contributed by atoms with van der Waals surface area (Å²) in [6.45, 7) is 16.7. The van der Waals surface area contributed by atoms with Crippen LogP contribution < -0.4 is 11.1 Å². The summed E-state index contributed by atoms with van der Waals surface area (Å²) in [6.07, 6.45) is 7.80. The molecule has 0 heterocycles. The lowest BCUT2D eigenvalue weighted by Crippen LogP contribution is -2.21. The number of nitrogens with one attached hydrogen (secondary N) is 1. The zero-order chi connectivity index (χ0) is 14.6. The third-order valence-electron chi connectivity index (χ3n) is 4.14. The fraction of sp³-hybridized carbons (Fsp3) is 0.529. The Morgan fingerprint density at radius 3 is 2.53 bits per heavy atom. The van der Waals surface area contributed by atoms with Crippen molar-refractivity contribution >= 4 is 0 Å². The van der Waals surface area contributed by atoms with E-state index in [1.54, 1.807) is 0 Å². The molecule has 2 heteroatoms. The summed E-state index contributed by atoms with van der Waals surface area (Å²) in [5, 5.41) is 3.27. The Balaban J connectivity index is 2.66. The van der Waals surface area contributed by atoms with Crippen molar-refractivity contribution in [2.45, 2.75) is 47.0 Å². The normalized spacial score (nSPS) is 22.3. The van der Waals surface area contributed by atoms with Gasteiger partial charge in [-0.15, -0.1) is 0 Å². The van der Waals surface area contributed by atoms with Gasteiger partial charge in [-0.3, -0.25) is 0 Å². The molecule has 1 atom stereocenters. The molecule has 0 aromatic carbocycles. The molecule has 19 heavy (non-hydrogen) atoms. The zero-order valence-corrected chi connectivity index (χ0v) is 12.8. The lowest BCUT2D eigenvalue weighted by Gasteiger charge is -2.22. The van der Waals surface area contributed by atoms with Crippen LogP contribution in [0.2, 0.25) is 0 Å². The molecular formula is C17H28N2. The highest BCUT2D eigenvalue weighted by Gasteiger charge is 2.28. The van der Waals surface area contributed by atoms with E-state index in [1.807, 2.05) is 19.9 Å². The van der Waals surface area contributed by atoms with Crippen LogP contribution in [0.4, 0.5) is 0 Å². The maximum absolute atomic E-state index is 5.91. The van der Waals surface area contributed by atoms with Gasteiger partial charge in [0.25, 0.3) is 0 Å². The molecule has 0 amide bonds. The van der Waals surface area contributed by atoms with Crippen LogP contribution >= 0.6 is 0 Å². The quantitative estimate of drug-likeness (QED) is 0.776. The molecule has 1 rings (SSSR count). The van der Waals surface area contributed by atoms with Crippen molar-refractivity contribution in [2.75, 3.05) is 0 Å². The minimum absolute atomic E-state index is 0.122. The van der Waals surface area contributed by atoms with Crippen LogP contribution in [0.15, 0.2) is 48.0 Å². The lowest BCUT2D eigenvalue weighted by atomic mass is 9.86. The smallest absolute Gasteiger partial charge is 0.0349 e. The van der Waals surface area contributed by atoms with Crippen molar-refractivity contribution in [1.29, 1.82) is 0 Å². The highest BCUT2D eigenvalue weighted by molar-refractivity contribution is 5.29. The topological polar surface area (TPSA) is 38.0 Å². The first kappa shape index (κ1) is 15.6. The van der Waals surface area contributed by atoms with Gasteiger partial charge >= 0.3 is 0 Å². The number of hydrogen-bond donors (Lipinski definition) is 2. The van der Waals surface area contributed by atoms with Gasteiger partial charge in [0.05, 0.1) is 0 Å². The van der Waals surface area contributed by atoms with Gasteiger partial charge < -0.3 is 11.1 Å². The van der Waals surface area contributed by atoms with Gasteiger partial charge in [0, 0.05) is 23.0 Å². The molecule has 106 valence electrons. The number of nitrogens with two attached hydrogens (primary N) is 1. The van der Waals surface area contributed by atoms with Gasteiger partial charge in [0.2, 0.25) is 0 Å². The third kappa shape index (κ3) is 4.02. The molecule has 0 saturated heterocycles. The van der Waals surface area contributed by atoms with Crippen LogP contribution in [-0.2, 0) is 0 Å². The van der Waals surface area contributed by atoms with E-state index in [0.717, 1.165) is 17.1 Å². The summed E-state index contributed by atoms with van der Waals surface area (Å²) in [5.41, 5.74) is 10.3. The van der Waals surface area contributed by atoms with E-state index in [-0.39, 0.29) is 5.92 Å². The Kier molecular flexibility index (Phi) is 5.04. The maximum Gasteiger partial charge on any atom is 0.0349 e. The number of rotatable bonds is 5. The standard InChI is InChI=1S/C17H28N2/c1-7-16(18)13(3)14(4)19-12(2)11-15-9-8-10-17(15,5)6/h7,11,13,19H,2,4,8-10,18H2,1,3,5-6H3/b15-11+,16-7+. The molecule has 0 aromatic rings. The fourth-order valence-electron chi connectivity index (χ4n) is 2.50. The zero-order valence-electron chi connectivity index (χ0n) is 12.8. The summed E-state index contributed by atoms with van der Waals surface area (Å²) in [4.78, 5) is 0. The van der Waals surface area contributed by atoms with Crippen LogP contribution in [0, 0.1) is 11.3 Å². The summed E-state index contributed by atoms with van der Waals surface area (Å²) in [7, 11) is 0. The van der Waals surface area contributed by atoms with Crippen molar-refractivity contribution in [3.05, 3.63) is 48.0 Å². The van der Waals surface area contributed by atoms with Gasteiger partial charge in [0.1, 0.15) is 0 Å². The molecule has 0 aromatic heterocycles. The van der Waals surface area contributed by atoms with Crippen LogP contribution in [-0.4, -0.2) is 0 Å². The second kappa shape index (κ2) is 6.14. The van der Waals surface area contributed by atoms with E-state index in [9.17, 15) is 0 Å². The first-order valence-electron chi connectivity index (χ1n) is 7.05. The van der Waals surface area contributed by atoms with E-state index in [2.05, 4.69) is 38.4 Å². The van der Waals surface area contributed by atoms with E-state index < -0.39 is 0 Å². The van der Waals surface area contributed by atoms with E-state index in [1.165, 1.54) is 24.8 Å². The Hall–Kier alpha value is -1.44. The van der Waals surface area contributed by atoms with E-state index in [0.29, 0.717) is 5.41 Å². The molecule has 0 bridgehead atoms. The minimum atomic E-state index is 0.122. The third-order valence-corrected chi connectivity index (χ3v) is 4.14. The Morgan fingerprint density at radius 1 is 1.42 bits per heavy atom. The van der Waals surface area contributed by atoms with E-state index >= 15 is 0 Å². The molecule has 1 aliphatic rings. The van der Waals surface area contributed by atoms with Crippen LogP contribution in [0.1, 0.15) is 47.0 Å². The van der Waals surface area contributed by atoms with Crippen molar-refractivity contribution < 1.29 is 0 Å². The molecule has 0 spiro atoms. The molecule has 0 aliphatic heterocycles. The first-order chi connectivity index (χ1) is 8.77. The summed E-state index contributed by atoms with van der Waals surface area (Å²) >= 11 is 0. The van der Waals surface area contributed by atoms with Crippen molar-refractivity contribution in [1.82, 2.24) is 5.32 Å². The highest BCUT2D eigenvalue weighted by Crippen LogP contribution is 2.42. The molecule has 1 fully saturated rings. The Bertz CT molecular complexity index is 425. The average molecular weight is 260 g/mol. The van der Waals surface area contributed by atoms with Crippen LogP contribution in [0.25, 0.3) is 0 Å².